The van der Waals surface area contributed by atoms with Gasteiger partial charge in [-0.1, -0.05) is 29.8 Å². The Balaban J connectivity index is 2.61. The molecule has 0 atom stereocenters. The number of methoxy groups -OCH3 is 1. The van der Waals surface area contributed by atoms with Gasteiger partial charge < -0.3 is 15.2 Å². The van der Waals surface area contributed by atoms with Crippen molar-refractivity contribution < 1.29 is 14.6 Å². The normalized spacial score (nSPS) is 11.2. The van der Waals surface area contributed by atoms with Crippen molar-refractivity contribution >= 4 is 21.8 Å². The molecular weight excluding hydrogens is 322 g/mol. The van der Waals surface area contributed by atoms with Crippen LogP contribution < -0.4 is 10.1 Å². The van der Waals surface area contributed by atoms with Crippen LogP contribution in [0.4, 0.5) is 0 Å². The predicted octanol–water partition coefficient (Wildman–Crippen LogP) is 2.53. The molecule has 0 aliphatic carbocycles. The zero-order chi connectivity index (χ0) is 15.2. The molecular formula is C15H22BrNO3. The summed E-state index contributed by atoms with van der Waals surface area (Å²) in [6.07, 6.45) is 0.936. The van der Waals surface area contributed by atoms with Crippen LogP contribution in [0.5, 0.6) is 5.75 Å². The molecule has 0 bridgehead atoms. The monoisotopic (exact) mass is 343 g/mol. The van der Waals surface area contributed by atoms with Crippen LogP contribution in [0.1, 0.15) is 25.8 Å². The van der Waals surface area contributed by atoms with Gasteiger partial charge in [0.15, 0.2) is 0 Å². The lowest BCUT2D eigenvalue weighted by molar-refractivity contribution is -0.120. The number of rotatable bonds is 7. The van der Waals surface area contributed by atoms with Gasteiger partial charge >= 0.3 is 0 Å². The first-order valence-corrected chi connectivity index (χ1v) is 7.37. The molecule has 0 unspecified atom stereocenters. The van der Waals surface area contributed by atoms with E-state index in [0.717, 1.165) is 10.0 Å². The molecule has 1 aromatic carbocycles. The first kappa shape index (κ1) is 17.0. The second-order valence-electron chi connectivity index (χ2n) is 5.55. The number of amides is 1. The zero-order valence-electron chi connectivity index (χ0n) is 12.2. The maximum Gasteiger partial charge on any atom is 0.224 e. The molecule has 2 N–H and O–H groups in total. The molecule has 0 aliphatic rings. The van der Waals surface area contributed by atoms with Crippen LogP contribution in [0.3, 0.4) is 0 Å². The highest BCUT2D eigenvalue weighted by Crippen LogP contribution is 2.23. The SMILES string of the molecule is COc1ccc(Br)cc1CC(=O)NCC(C)(C)CCO. The van der Waals surface area contributed by atoms with E-state index in [4.69, 9.17) is 9.84 Å². The average molecular weight is 344 g/mol. The van der Waals surface area contributed by atoms with Crippen molar-refractivity contribution in [2.75, 3.05) is 20.3 Å². The molecule has 1 aromatic rings. The van der Waals surface area contributed by atoms with Crippen molar-refractivity contribution in [1.29, 1.82) is 0 Å². The summed E-state index contributed by atoms with van der Waals surface area (Å²) < 4.78 is 6.17. The fourth-order valence-corrected chi connectivity index (χ4v) is 2.26. The van der Waals surface area contributed by atoms with Crippen molar-refractivity contribution in [3.63, 3.8) is 0 Å². The number of carbonyl (C=O) groups is 1. The third-order valence-corrected chi connectivity index (χ3v) is 3.64. The van der Waals surface area contributed by atoms with Crippen LogP contribution in [-0.4, -0.2) is 31.3 Å². The van der Waals surface area contributed by atoms with Crippen LogP contribution in [0.25, 0.3) is 0 Å². The van der Waals surface area contributed by atoms with Crippen LogP contribution >= 0.6 is 15.9 Å². The van der Waals surface area contributed by atoms with Gasteiger partial charge in [0.2, 0.25) is 5.91 Å². The Hall–Kier alpha value is -1.07. The van der Waals surface area contributed by atoms with Crippen molar-refractivity contribution in [3.8, 4) is 5.75 Å². The number of hydrogen-bond acceptors (Lipinski definition) is 3. The minimum Gasteiger partial charge on any atom is -0.496 e. The fourth-order valence-electron chi connectivity index (χ4n) is 1.85. The van der Waals surface area contributed by atoms with Crippen LogP contribution in [-0.2, 0) is 11.2 Å². The van der Waals surface area contributed by atoms with E-state index in [1.54, 1.807) is 7.11 Å². The minimum atomic E-state index is -0.105. The molecule has 0 spiro atoms. The van der Waals surface area contributed by atoms with Crippen molar-refractivity contribution in [1.82, 2.24) is 5.32 Å². The molecule has 0 fully saturated rings. The summed E-state index contributed by atoms with van der Waals surface area (Å²) in [5, 5.41) is 11.9. The van der Waals surface area contributed by atoms with Gasteiger partial charge in [0.05, 0.1) is 13.5 Å². The standard InChI is InChI=1S/C15H22BrNO3/c1-15(2,6-7-18)10-17-14(19)9-11-8-12(16)4-5-13(11)20-3/h4-5,8,18H,6-7,9-10H2,1-3H3,(H,17,19). The molecule has 112 valence electrons. The summed E-state index contributed by atoms with van der Waals surface area (Å²) in [6.45, 7) is 4.71. The largest absolute Gasteiger partial charge is 0.496 e. The van der Waals surface area contributed by atoms with Crippen molar-refractivity contribution in [2.45, 2.75) is 26.7 Å². The quantitative estimate of drug-likeness (QED) is 0.799. The number of hydrogen-bond donors (Lipinski definition) is 2. The molecule has 0 saturated heterocycles. The highest BCUT2D eigenvalue weighted by atomic mass is 79.9. The predicted molar refractivity (Wildman–Crippen MR) is 82.9 cm³/mol. The Labute approximate surface area is 128 Å². The zero-order valence-corrected chi connectivity index (χ0v) is 13.8. The van der Waals surface area contributed by atoms with Gasteiger partial charge in [0.25, 0.3) is 0 Å². The molecule has 0 aromatic heterocycles. The highest BCUT2D eigenvalue weighted by Gasteiger charge is 2.18. The summed E-state index contributed by atoms with van der Waals surface area (Å²) in [5.41, 5.74) is 0.741. The summed E-state index contributed by atoms with van der Waals surface area (Å²) in [6, 6.07) is 5.60. The van der Waals surface area contributed by atoms with Gasteiger partial charge in [0, 0.05) is 23.2 Å². The Morgan fingerprint density at radius 2 is 2.15 bits per heavy atom. The first-order valence-electron chi connectivity index (χ1n) is 6.58. The molecule has 0 radical (unpaired) electrons. The van der Waals surface area contributed by atoms with E-state index in [9.17, 15) is 4.79 Å². The van der Waals surface area contributed by atoms with E-state index in [1.807, 2.05) is 32.0 Å². The summed E-state index contributed by atoms with van der Waals surface area (Å²) in [5.74, 6) is 0.658. The maximum atomic E-state index is 12.0. The van der Waals surface area contributed by atoms with Gasteiger partial charge in [-0.25, -0.2) is 0 Å². The summed E-state index contributed by atoms with van der Waals surface area (Å²) in [4.78, 5) is 12.0. The Morgan fingerprint density at radius 1 is 1.45 bits per heavy atom. The Morgan fingerprint density at radius 3 is 2.75 bits per heavy atom. The number of aliphatic hydroxyl groups is 1. The number of aliphatic hydroxyl groups excluding tert-OH is 1. The maximum absolute atomic E-state index is 12.0. The van der Waals surface area contributed by atoms with Gasteiger partial charge in [0.1, 0.15) is 5.75 Å². The number of halogens is 1. The highest BCUT2D eigenvalue weighted by molar-refractivity contribution is 9.10. The van der Waals surface area contributed by atoms with E-state index in [2.05, 4.69) is 21.2 Å². The van der Waals surface area contributed by atoms with E-state index < -0.39 is 0 Å². The van der Waals surface area contributed by atoms with Gasteiger partial charge in [-0.3, -0.25) is 4.79 Å². The molecule has 0 aliphatic heterocycles. The molecule has 1 amide bonds. The van der Waals surface area contributed by atoms with E-state index in [-0.39, 0.29) is 24.3 Å². The first-order chi connectivity index (χ1) is 9.38. The summed E-state index contributed by atoms with van der Waals surface area (Å²) >= 11 is 3.39. The number of nitrogens with one attached hydrogen (secondary N) is 1. The smallest absolute Gasteiger partial charge is 0.224 e. The third-order valence-electron chi connectivity index (χ3n) is 3.15. The van der Waals surface area contributed by atoms with Gasteiger partial charge in [-0.05, 0) is 30.0 Å². The van der Waals surface area contributed by atoms with E-state index in [1.165, 1.54) is 0 Å². The molecule has 4 nitrogen and oxygen atoms in total. The summed E-state index contributed by atoms with van der Waals surface area (Å²) in [7, 11) is 1.59. The molecule has 1 rings (SSSR count). The van der Waals surface area contributed by atoms with Crippen LogP contribution in [0, 0.1) is 5.41 Å². The molecule has 0 heterocycles. The number of carbonyl (C=O) groups excluding carboxylic acids is 1. The van der Waals surface area contributed by atoms with E-state index in [0.29, 0.717) is 18.7 Å². The van der Waals surface area contributed by atoms with Crippen molar-refractivity contribution in [2.24, 2.45) is 5.41 Å². The van der Waals surface area contributed by atoms with Crippen LogP contribution in [0.2, 0.25) is 0 Å². The Bertz CT molecular complexity index is 460. The lowest BCUT2D eigenvalue weighted by Crippen LogP contribution is -2.35. The lowest BCUT2D eigenvalue weighted by Gasteiger charge is -2.23. The van der Waals surface area contributed by atoms with E-state index >= 15 is 0 Å². The topological polar surface area (TPSA) is 58.6 Å². The third kappa shape index (κ3) is 5.51. The second-order valence-corrected chi connectivity index (χ2v) is 6.46. The lowest BCUT2D eigenvalue weighted by atomic mass is 9.89. The second kappa shape index (κ2) is 7.64. The van der Waals surface area contributed by atoms with Crippen molar-refractivity contribution in [3.05, 3.63) is 28.2 Å². The fraction of sp³-hybridized carbons (Fsp3) is 0.533. The Kier molecular flexibility index (Phi) is 6.49. The number of ether oxygens (including phenoxy) is 1. The molecule has 20 heavy (non-hydrogen) atoms. The van der Waals surface area contributed by atoms with Gasteiger partial charge in [-0.15, -0.1) is 0 Å². The average Bonchev–Trinajstić information content (AvgIpc) is 2.37. The minimum absolute atomic E-state index is 0.0487. The molecule has 5 heteroatoms. The van der Waals surface area contributed by atoms with Crippen LogP contribution in [0.15, 0.2) is 22.7 Å². The number of benzene rings is 1. The van der Waals surface area contributed by atoms with Gasteiger partial charge in [-0.2, -0.15) is 0 Å². The molecule has 0 saturated carbocycles.